The van der Waals surface area contributed by atoms with Gasteiger partial charge in [-0.25, -0.2) is 0 Å². The Hall–Kier alpha value is -1.91. The predicted molar refractivity (Wildman–Crippen MR) is 74.2 cm³/mol. The Morgan fingerprint density at radius 1 is 1.30 bits per heavy atom. The van der Waals surface area contributed by atoms with E-state index in [-0.39, 0.29) is 24.3 Å². The molecule has 2 rings (SSSR count). The Bertz CT molecular complexity index is 455. The maximum Gasteiger partial charge on any atom is 0.307 e. The SMILES string of the molecule is COC(=O)CCN(C(=O)c1ccncc1)C1CCCC1. The fourth-order valence-electron chi connectivity index (χ4n) is 2.64. The predicted octanol–water partition coefficient (Wildman–Crippen LogP) is 2.03. The van der Waals surface area contributed by atoms with Crippen LogP contribution in [0.15, 0.2) is 24.5 Å². The molecule has 5 heteroatoms. The maximum absolute atomic E-state index is 12.6. The highest BCUT2D eigenvalue weighted by molar-refractivity contribution is 5.94. The van der Waals surface area contributed by atoms with Crippen LogP contribution < -0.4 is 0 Å². The molecule has 0 unspecified atom stereocenters. The van der Waals surface area contributed by atoms with Crippen molar-refractivity contribution in [3.05, 3.63) is 30.1 Å². The molecular weight excluding hydrogens is 256 g/mol. The van der Waals surface area contributed by atoms with E-state index in [1.807, 2.05) is 4.90 Å². The van der Waals surface area contributed by atoms with Gasteiger partial charge in [-0.05, 0) is 25.0 Å². The van der Waals surface area contributed by atoms with Crippen LogP contribution in [0, 0.1) is 0 Å². The summed E-state index contributed by atoms with van der Waals surface area (Å²) in [4.78, 5) is 29.6. The molecule has 0 bridgehead atoms. The molecule has 1 fully saturated rings. The van der Waals surface area contributed by atoms with E-state index in [1.54, 1.807) is 24.5 Å². The fourth-order valence-corrected chi connectivity index (χ4v) is 2.64. The van der Waals surface area contributed by atoms with Crippen LogP contribution in [-0.2, 0) is 9.53 Å². The Balaban J connectivity index is 2.09. The van der Waals surface area contributed by atoms with Crippen molar-refractivity contribution < 1.29 is 14.3 Å². The highest BCUT2D eigenvalue weighted by atomic mass is 16.5. The third-order valence-electron chi connectivity index (χ3n) is 3.74. The van der Waals surface area contributed by atoms with Crippen molar-refractivity contribution in [2.45, 2.75) is 38.1 Å². The van der Waals surface area contributed by atoms with E-state index in [1.165, 1.54) is 7.11 Å². The van der Waals surface area contributed by atoms with Gasteiger partial charge in [0, 0.05) is 30.5 Å². The van der Waals surface area contributed by atoms with Gasteiger partial charge in [0.05, 0.1) is 13.5 Å². The first-order chi connectivity index (χ1) is 9.72. The normalized spacial score (nSPS) is 15.1. The summed E-state index contributed by atoms with van der Waals surface area (Å²) in [5.74, 6) is -0.307. The molecular formula is C15H20N2O3. The summed E-state index contributed by atoms with van der Waals surface area (Å²) < 4.78 is 4.66. The zero-order valence-corrected chi connectivity index (χ0v) is 11.7. The number of ether oxygens (including phenoxy) is 1. The molecule has 0 radical (unpaired) electrons. The van der Waals surface area contributed by atoms with Crippen LogP contribution >= 0.6 is 0 Å². The zero-order chi connectivity index (χ0) is 14.4. The Kier molecular flexibility index (Phi) is 5.09. The summed E-state index contributed by atoms with van der Waals surface area (Å²) in [6, 6.07) is 3.66. The molecule has 1 saturated carbocycles. The highest BCUT2D eigenvalue weighted by Crippen LogP contribution is 2.25. The maximum atomic E-state index is 12.6. The number of nitrogens with zero attached hydrogens (tertiary/aromatic N) is 2. The minimum atomic E-state index is -0.282. The van der Waals surface area contributed by atoms with Crippen LogP contribution in [0.2, 0.25) is 0 Å². The average molecular weight is 276 g/mol. The van der Waals surface area contributed by atoms with Crippen molar-refractivity contribution in [2.24, 2.45) is 0 Å². The molecule has 1 aliphatic carbocycles. The van der Waals surface area contributed by atoms with Gasteiger partial charge in [-0.15, -0.1) is 0 Å². The summed E-state index contributed by atoms with van der Waals surface area (Å²) >= 11 is 0. The van der Waals surface area contributed by atoms with Crippen LogP contribution in [0.1, 0.15) is 42.5 Å². The van der Waals surface area contributed by atoms with Crippen molar-refractivity contribution in [1.29, 1.82) is 0 Å². The molecule has 108 valence electrons. The van der Waals surface area contributed by atoms with E-state index >= 15 is 0 Å². The largest absolute Gasteiger partial charge is 0.469 e. The van der Waals surface area contributed by atoms with Gasteiger partial charge in [-0.3, -0.25) is 14.6 Å². The first-order valence-corrected chi connectivity index (χ1v) is 7.00. The quantitative estimate of drug-likeness (QED) is 0.772. The first kappa shape index (κ1) is 14.5. The fraction of sp³-hybridized carbons (Fsp3) is 0.533. The van der Waals surface area contributed by atoms with Gasteiger partial charge in [-0.2, -0.15) is 0 Å². The lowest BCUT2D eigenvalue weighted by Gasteiger charge is -2.28. The summed E-state index contributed by atoms with van der Waals surface area (Å²) in [7, 11) is 1.37. The smallest absolute Gasteiger partial charge is 0.307 e. The number of hydrogen-bond acceptors (Lipinski definition) is 4. The van der Waals surface area contributed by atoms with Gasteiger partial charge in [0.1, 0.15) is 0 Å². The lowest BCUT2D eigenvalue weighted by atomic mass is 10.1. The Morgan fingerprint density at radius 2 is 1.95 bits per heavy atom. The van der Waals surface area contributed by atoms with Crippen molar-refractivity contribution in [1.82, 2.24) is 9.88 Å². The number of aromatic nitrogens is 1. The molecule has 1 heterocycles. The van der Waals surface area contributed by atoms with Gasteiger partial charge >= 0.3 is 5.97 Å². The minimum absolute atomic E-state index is 0.0248. The molecule has 1 aromatic heterocycles. The minimum Gasteiger partial charge on any atom is -0.469 e. The molecule has 1 amide bonds. The monoisotopic (exact) mass is 276 g/mol. The highest BCUT2D eigenvalue weighted by Gasteiger charge is 2.27. The van der Waals surface area contributed by atoms with Gasteiger partial charge < -0.3 is 9.64 Å². The molecule has 1 aromatic rings. The molecule has 0 aromatic carbocycles. The second kappa shape index (κ2) is 7.03. The van der Waals surface area contributed by atoms with Crippen molar-refractivity contribution in [3.63, 3.8) is 0 Å². The number of rotatable bonds is 5. The lowest BCUT2D eigenvalue weighted by Crippen LogP contribution is -2.40. The van der Waals surface area contributed by atoms with E-state index in [4.69, 9.17) is 0 Å². The molecule has 0 N–H and O–H groups in total. The van der Waals surface area contributed by atoms with Gasteiger partial charge in [0.15, 0.2) is 0 Å². The van der Waals surface area contributed by atoms with E-state index < -0.39 is 0 Å². The Labute approximate surface area is 118 Å². The number of pyridine rings is 1. The van der Waals surface area contributed by atoms with Crippen molar-refractivity contribution in [2.75, 3.05) is 13.7 Å². The lowest BCUT2D eigenvalue weighted by molar-refractivity contribution is -0.140. The topological polar surface area (TPSA) is 59.5 Å². The molecule has 5 nitrogen and oxygen atoms in total. The molecule has 1 aliphatic rings. The van der Waals surface area contributed by atoms with Gasteiger partial charge in [0.2, 0.25) is 0 Å². The van der Waals surface area contributed by atoms with E-state index in [0.29, 0.717) is 12.1 Å². The molecule has 0 spiro atoms. The third-order valence-corrected chi connectivity index (χ3v) is 3.74. The summed E-state index contributed by atoms with van der Waals surface area (Å²) in [5.41, 5.74) is 0.622. The van der Waals surface area contributed by atoms with E-state index in [2.05, 4.69) is 9.72 Å². The first-order valence-electron chi connectivity index (χ1n) is 7.00. The van der Waals surface area contributed by atoms with Gasteiger partial charge in [-0.1, -0.05) is 12.8 Å². The number of methoxy groups -OCH3 is 1. The second-order valence-corrected chi connectivity index (χ2v) is 5.00. The van der Waals surface area contributed by atoms with Crippen LogP contribution in [-0.4, -0.2) is 41.5 Å². The Morgan fingerprint density at radius 3 is 2.55 bits per heavy atom. The standard InChI is InChI=1S/C15H20N2O3/c1-20-14(18)8-11-17(13-4-2-3-5-13)15(19)12-6-9-16-10-7-12/h6-7,9-10,13H,2-5,8,11H2,1H3. The number of hydrogen-bond donors (Lipinski definition) is 0. The number of amides is 1. The molecule has 20 heavy (non-hydrogen) atoms. The van der Waals surface area contributed by atoms with Gasteiger partial charge in [0.25, 0.3) is 5.91 Å². The van der Waals surface area contributed by atoms with Crippen LogP contribution in [0.4, 0.5) is 0 Å². The molecule has 0 atom stereocenters. The average Bonchev–Trinajstić information content (AvgIpc) is 3.02. The summed E-state index contributed by atoms with van der Waals surface area (Å²) in [5, 5.41) is 0. The number of carbonyl (C=O) groups is 2. The summed E-state index contributed by atoms with van der Waals surface area (Å²) in [6.45, 7) is 0.415. The summed E-state index contributed by atoms with van der Waals surface area (Å²) in [6.07, 6.45) is 7.77. The van der Waals surface area contributed by atoms with Crippen molar-refractivity contribution in [3.8, 4) is 0 Å². The molecule has 0 saturated heterocycles. The number of esters is 1. The third kappa shape index (κ3) is 3.56. The van der Waals surface area contributed by atoms with E-state index in [9.17, 15) is 9.59 Å². The van der Waals surface area contributed by atoms with Crippen molar-refractivity contribution >= 4 is 11.9 Å². The van der Waals surface area contributed by atoms with Crippen LogP contribution in [0.3, 0.4) is 0 Å². The van der Waals surface area contributed by atoms with Crippen LogP contribution in [0.25, 0.3) is 0 Å². The second-order valence-electron chi connectivity index (χ2n) is 5.00. The molecule has 0 aliphatic heterocycles. The van der Waals surface area contributed by atoms with E-state index in [0.717, 1.165) is 25.7 Å². The number of carbonyl (C=O) groups excluding carboxylic acids is 2. The zero-order valence-electron chi connectivity index (χ0n) is 11.7. The van der Waals surface area contributed by atoms with Crippen LogP contribution in [0.5, 0.6) is 0 Å².